The number of amides is 4. The summed E-state index contributed by atoms with van der Waals surface area (Å²) in [6, 6.07) is 11.1. The number of anilines is 1. The molecule has 0 aromatic heterocycles. The fourth-order valence-electron chi connectivity index (χ4n) is 3.20. The molecule has 0 aliphatic carbocycles. The SMILES string of the molecule is COc1ccc(C(=O)NNC(=O)CNC(=O)c2ccc(N3CCCC3=O)cc2)cc1OC. The summed E-state index contributed by atoms with van der Waals surface area (Å²) < 4.78 is 10.3. The molecule has 32 heavy (non-hydrogen) atoms. The lowest BCUT2D eigenvalue weighted by Crippen LogP contribution is -2.46. The number of rotatable bonds is 7. The van der Waals surface area contributed by atoms with Gasteiger partial charge in [0.15, 0.2) is 11.5 Å². The summed E-state index contributed by atoms with van der Waals surface area (Å²) in [5.74, 6) is -0.710. The smallest absolute Gasteiger partial charge is 0.269 e. The second kappa shape index (κ2) is 10.3. The van der Waals surface area contributed by atoms with Gasteiger partial charge in [-0.2, -0.15) is 0 Å². The number of benzene rings is 2. The summed E-state index contributed by atoms with van der Waals surface area (Å²) in [5, 5.41) is 2.47. The van der Waals surface area contributed by atoms with Crippen LogP contribution in [0.5, 0.6) is 11.5 Å². The van der Waals surface area contributed by atoms with Gasteiger partial charge >= 0.3 is 0 Å². The van der Waals surface area contributed by atoms with Crippen LogP contribution < -0.4 is 30.5 Å². The fourth-order valence-corrected chi connectivity index (χ4v) is 3.20. The first kappa shape index (κ1) is 22.6. The Morgan fingerprint density at radius 2 is 1.59 bits per heavy atom. The molecular weight excluding hydrogens is 416 g/mol. The van der Waals surface area contributed by atoms with E-state index in [9.17, 15) is 19.2 Å². The van der Waals surface area contributed by atoms with Gasteiger partial charge in [-0.1, -0.05) is 0 Å². The standard InChI is InChI=1S/C22H24N4O6/c1-31-17-10-7-15(12-18(17)32-2)22(30)25-24-19(27)13-23-21(29)14-5-8-16(9-6-14)26-11-3-4-20(26)28/h5-10,12H,3-4,11,13H2,1-2H3,(H,23,29)(H,24,27)(H,25,30). The maximum Gasteiger partial charge on any atom is 0.269 e. The van der Waals surface area contributed by atoms with Crippen LogP contribution in [0.2, 0.25) is 0 Å². The average Bonchev–Trinajstić information content (AvgIpc) is 3.26. The van der Waals surface area contributed by atoms with E-state index in [-0.39, 0.29) is 18.0 Å². The minimum Gasteiger partial charge on any atom is -0.493 e. The molecule has 0 saturated carbocycles. The van der Waals surface area contributed by atoms with Crippen molar-refractivity contribution < 1.29 is 28.7 Å². The van der Waals surface area contributed by atoms with E-state index in [0.29, 0.717) is 30.0 Å². The average molecular weight is 440 g/mol. The Kier molecular flexibility index (Phi) is 7.27. The Labute approximate surface area is 184 Å². The van der Waals surface area contributed by atoms with Gasteiger partial charge in [0.2, 0.25) is 5.91 Å². The van der Waals surface area contributed by atoms with Crippen molar-refractivity contribution >= 4 is 29.3 Å². The van der Waals surface area contributed by atoms with Gasteiger partial charge in [-0.25, -0.2) is 0 Å². The lowest BCUT2D eigenvalue weighted by atomic mass is 10.2. The maximum absolute atomic E-state index is 12.3. The van der Waals surface area contributed by atoms with Gasteiger partial charge in [0.25, 0.3) is 17.7 Å². The van der Waals surface area contributed by atoms with Gasteiger partial charge in [-0.3, -0.25) is 30.0 Å². The monoisotopic (exact) mass is 440 g/mol. The van der Waals surface area contributed by atoms with Crippen LogP contribution in [-0.4, -0.2) is 50.9 Å². The molecule has 0 atom stereocenters. The summed E-state index contributed by atoms with van der Waals surface area (Å²) in [7, 11) is 2.93. The van der Waals surface area contributed by atoms with Crippen molar-refractivity contribution in [1.29, 1.82) is 0 Å². The predicted molar refractivity (Wildman–Crippen MR) is 116 cm³/mol. The summed E-state index contributed by atoms with van der Waals surface area (Å²) >= 11 is 0. The van der Waals surface area contributed by atoms with Crippen LogP contribution in [0, 0.1) is 0 Å². The zero-order chi connectivity index (χ0) is 23.1. The first-order valence-corrected chi connectivity index (χ1v) is 9.92. The van der Waals surface area contributed by atoms with E-state index in [1.165, 1.54) is 26.4 Å². The van der Waals surface area contributed by atoms with Crippen molar-refractivity contribution in [3.05, 3.63) is 53.6 Å². The lowest BCUT2D eigenvalue weighted by molar-refractivity contribution is -0.121. The number of nitrogens with one attached hydrogen (secondary N) is 3. The zero-order valence-corrected chi connectivity index (χ0v) is 17.8. The molecule has 2 aromatic rings. The number of ether oxygens (including phenoxy) is 2. The molecule has 0 unspecified atom stereocenters. The first-order chi connectivity index (χ1) is 15.4. The van der Waals surface area contributed by atoms with Crippen LogP contribution in [0.15, 0.2) is 42.5 Å². The predicted octanol–water partition coefficient (Wildman–Crippen LogP) is 1.02. The van der Waals surface area contributed by atoms with Crippen molar-refractivity contribution in [3.63, 3.8) is 0 Å². The maximum atomic E-state index is 12.3. The number of hydrogen-bond acceptors (Lipinski definition) is 6. The lowest BCUT2D eigenvalue weighted by Gasteiger charge is -2.15. The number of methoxy groups -OCH3 is 2. The Morgan fingerprint density at radius 3 is 2.22 bits per heavy atom. The molecule has 0 radical (unpaired) electrons. The third kappa shape index (κ3) is 5.34. The third-order valence-electron chi connectivity index (χ3n) is 4.89. The highest BCUT2D eigenvalue weighted by Gasteiger charge is 2.21. The van der Waals surface area contributed by atoms with Crippen LogP contribution in [-0.2, 0) is 9.59 Å². The van der Waals surface area contributed by atoms with Crippen molar-refractivity contribution in [2.45, 2.75) is 12.8 Å². The normalized spacial score (nSPS) is 12.8. The summed E-state index contributed by atoms with van der Waals surface area (Å²) in [6.07, 6.45) is 1.35. The highest BCUT2D eigenvalue weighted by molar-refractivity contribution is 5.99. The van der Waals surface area contributed by atoms with Crippen LogP contribution in [0.25, 0.3) is 0 Å². The van der Waals surface area contributed by atoms with Crippen LogP contribution in [0.4, 0.5) is 5.69 Å². The Morgan fingerprint density at radius 1 is 0.906 bits per heavy atom. The minimum atomic E-state index is -0.605. The van der Waals surface area contributed by atoms with E-state index < -0.39 is 17.7 Å². The Hall–Kier alpha value is -4.08. The largest absolute Gasteiger partial charge is 0.493 e. The van der Waals surface area contributed by atoms with Crippen LogP contribution in [0.1, 0.15) is 33.6 Å². The molecule has 0 spiro atoms. The molecule has 0 bridgehead atoms. The summed E-state index contributed by atoms with van der Waals surface area (Å²) in [5.41, 5.74) is 5.84. The number of hydrazine groups is 1. The summed E-state index contributed by atoms with van der Waals surface area (Å²) in [4.78, 5) is 49.9. The van der Waals surface area contributed by atoms with Gasteiger partial charge < -0.3 is 19.7 Å². The number of hydrogen-bond donors (Lipinski definition) is 3. The second-order valence-electron chi connectivity index (χ2n) is 6.95. The molecule has 1 aliphatic rings. The molecule has 10 heteroatoms. The van der Waals surface area contributed by atoms with Crippen molar-refractivity contribution in [3.8, 4) is 11.5 Å². The second-order valence-corrected chi connectivity index (χ2v) is 6.95. The van der Waals surface area contributed by atoms with E-state index in [1.54, 1.807) is 35.2 Å². The van der Waals surface area contributed by atoms with Crippen molar-refractivity contribution in [2.75, 3.05) is 32.2 Å². The molecule has 1 heterocycles. The fraction of sp³-hybridized carbons (Fsp3) is 0.273. The summed E-state index contributed by atoms with van der Waals surface area (Å²) in [6.45, 7) is 0.330. The third-order valence-corrected chi connectivity index (χ3v) is 4.89. The van der Waals surface area contributed by atoms with Gasteiger partial charge in [-0.15, -0.1) is 0 Å². The van der Waals surface area contributed by atoms with E-state index in [2.05, 4.69) is 16.2 Å². The Bertz CT molecular complexity index is 1020. The van der Waals surface area contributed by atoms with Gasteiger partial charge in [0.05, 0.1) is 20.8 Å². The van der Waals surface area contributed by atoms with Crippen molar-refractivity contribution in [1.82, 2.24) is 16.2 Å². The van der Waals surface area contributed by atoms with Crippen LogP contribution in [0.3, 0.4) is 0 Å². The quantitative estimate of drug-likeness (QED) is 0.552. The number of carbonyl (C=O) groups is 4. The highest BCUT2D eigenvalue weighted by Crippen LogP contribution is 2.27. The van der Waals surface area contributed by atoms with Gasteiger partial charge in [0.1, 0.15) is 0 Å². The first-order valence-electron chi connectivity index (χ1n) is 9.92. The highest BCUT2D eigenvalue weighted by atomic mass is 16.5. The van der Waals surface area contributed by atoms with E-state index in [1.807, 2.05) is 0 Å². The van der Waals surface area contributed by atoms with Gasteiger partial charge in [0, 0.05) is 29.8 Å². The molecular formula is C22H24N4O6. The minimum absolute atomic E-state index is 0.0639. The molecule has 2 aromatic carbocycles. The molecule has 3 rings (SSSR count). The van der Waals surface area contributed by atoms with E-state index in [0.717, 1.165) is 12.1 Å². The van der Waals surface area contributed by atoms with E-state index in [4.69, 9.17) is 9.47 Å². The Balaban J connectivity index is 1.46. The van der Waals surface area contributed by atoms with Crippen molar-refractivity contribution in [2.24, 2.45) is 0 Å². The van der Waals surface area contributed by atoms with E-state index >= 15 is 0 Å². The molecule has 4 amide bonds. The molecule has 168 valence electrons. The van der Waals surface area contributed by atoms with Gasteiger partial charge in [-0.05, 0) is 48.9 Å². The topological polar surface area (TPSA) is 126 Å². The molecule has 1 saturated heterocycles. The zero-order valence-electron chi connectivity index (χ0n) is 17.8. The molecule has 10 nitrogen and oxygen atoms in total. The molecule has 1 aliphatic heterocycles. The van der Waals surface area contributed by atoms with Crippen LogP contribution >= 0.6 is 0 Å². The molecule has 3 N–H and O–H groups in total. The number of nitrogens with zero attached hydrogens (tertiary/aromatic N) is 1. The molecule has 1 fully saturated rings. The number of carbonyl (C=O) groups excluding carboxylic acids is 4.